The van der Waals surface area contributed by atoms with Crippen LogP contribution in [0.3, 0.4) is 0 Å². The highest BCUT2D eigenvalue weighted by molar-refractivity contribution is 5.87. The van der Waals surface area contributed by atoms with E-state index < -0.39 is 5.97 Å². The quantitative estimate of drug-likeness (QED) is 0.634. The van der Waals surface area contributed by atoms with Crippen molar-refractivity contribution in [2.24, 2.45) is 0 Å². The number of hydrogen-bond acceptors (Lipinski definition) is 6. The van der Waals surface area contributed by atoms with Crippen LogP contribution in [0.5, 0.6) is 0 Å². The Kier molecular flexibility index (Phi) is 4.85. The Morgan fingerprint density at radius 2 is 2.32 bits per heavy atom. The lowest BCUT2D eigenvalue weighted by Gasteiger charge is -2.20. The second-order valence-electron chi connectivity index (χ2n) is 4.25. The lowest BCUT2D eigenvalue weighted by Crippen LogP contribution is -2.29. The minimum absolute atomic E-state index is 0.181. The second kappa shape index (κ2) is 6.84. The molecule has 6 heteroatoms. The third kappa shape index (κ3) is 3.75. The van der Waals surface area contributed by atoms with Gasteiger partial charge in [-0.25, -0.2) is 4.79 Å². The van der Waals surface area contributed by atoms with Crippen LogP contribution in [0.2, 0.25) is 0 Å². The van der Waals surface area contributed by atoms with E-state index in [-0.39, 0.29) is 12.3 Å². The van der Waals surface area contributed by atoms with Gasteiger partial charge >= 0.3 is 5.97 Å². The van der Waals surface area contributed by atoms with Crippen molar-refractivity contribution in [1.29, 1.82) is 0 Å². The van der Waals surface area contributed by atoms with E-state index in [0.717, 1.165) is 38.4 Å². The van der Waals surface area contributed by atoms with Crippen molar-refractivity contribution in [3.63, 3.8) is 0 Å². The SMILES string of the molecule is C=CCOC(=O)c1ccc(N2CCCNCC2)nn1. The fraction of sp³-hybridized carbons (Fsp3) is 0.462. The first kappa shape index (κ1) is 13.5. The van der Waals surface area contributed by atoms with Crippen LogP contribution in [0, 0.1) is 0 Å². The molecule has 1 fully saturated rings. The van der Waals surface area contributed by atoms with Crippen molar-refractivity contribution in [3.05, 3.63) is 30.5 Å². The van der Waals surface area contributed by atoms with E-state index in [2.05, 4.69) is 27.0 Å². The zero-order chi connectivity index (χ0) is 13.5. The van der Waals surface area contributed by atoms with Gasteiger partial charge in [-0.3, -0.25) is 0 Å². The average Bonchev–Trinajstić information content (AvgIpc) is 2.74. The molecule has 0 unspecified atom stereocenters. The molecule has 1 aliphatic rings. The van der Waals surface area contributed by atoms with Gasteiger partial charge in [0, 0.05) is 19.6 Å². The largest absolute Gasteiger partial charge is 0.457 e. The number of ether oxygens (including phenoxy) is 1. The normalized spacial score (nSPS) is 15.7. The molecule has 0 bridgehead atoms. The number of carbonyl (C=O) groups excluding carboxylic acids is 1. The molecule has 6 nitrogen and oxygen atoms in total. The molecule has 102 valence electrons. The Morgan fingerprint density at radius 3 is 3.05 bits per heavy atom. The Balaban J connectivity index is 2.00. The van der Waals surface area contributed by atoms with E-state index in [4.69, 9.17) is 4.74 Å². The smallest absolute Gasteiger partial charge is 0.359 e. The van der Waals surface area contributed by atoms with E-state index in [9.17, 15) is 4.79 Å². The first-order chi connectivity index (χ1) is 9.31. The first-order valence-electron chi connectivity index (χ1n) is 6.38. The second-order valence-corrected chi connectivity index (χ2v) is 4.25. The summed E-state index contributed by atoms with van der Waals surface area (Å²) in [6.07, 6.45) is 2.59. The molecule has 0 radical (unpaired) electrons. The predicted octanol–water partition coefficient (Wildman–Crippen LogP) is 0.619. The Morgan fingerprint density at radius 1 is 1.42 bits per heavy atom. The Labute approximate surface area is 112 Å². The molecule has 0 aromatic carbocycles. The molecule has 2 rings (SSSR count). The fourth-order valence-electron chi connectivity index (χ4n) is 1.89. The van der Waals surface area contributed by atoms with Gasteiger partial charge in [0.1, 0.15) is 6.61 Å². The highest BCUT2D eigenvalue weighted by Crippen LogP contribution is 2.11. The van der Waals surface area contributed by atoms with E-state index in [1.165, 1.54) is 6.08 Å². The summed E-state index contributed by atoms with van der Waals surface area (Å²) in [5, 5.41) is 11.3. The minimum Gasteiger partial charge on any atom is -0.457 e. The number of carbonyl (C=O) groups is 1. The number of hydrogen-bond donors (Lipinski definition) is 1. The topological polar surface area (TPSA) is 67.3 Å². The molecule has 1 saturated heterocycles. The summed E-state index contributed by atoms with van der Waals surface area (Å²) < 4.78 is 4.90. The van der Waals surface area contributed by atoms with Gasteiger partial charge in [0.05, 0.1) is 0 Å². The average molecular weight is 262 g/mol. The van der Waals surface area contributed by atoms with E-state index in [0.29, 0.717) is 0 Å². The molecule has 2 heterocycles. The zero-order valence-electron chi connectivity index (χ0n) is 10.8. The molecule has 0 atom stereocenters. The molecule has 0 saturated carbocycles. The Bertz CT molecular complexity index is 425. The van der Waals surface area contributed by atoms with Gasteiger partial charge in [-0.05, 0) is 25.1 Å². The number of anilines is 1. The van der Waals surface area contributed by atoms with Crippen molar-refractivity contribution in [2.45, 2.75) is 6.42 Å². The summed E-state index contributed by atoms with van der Waals surface area (Å²) in [6, 6.07) is 3.45. The van der Waals surface area contributed by atoms with Crippen molar-refractivity contribution >= 4 is 11.8 Å². The molecule has 0 amide bonds. The van der Waals surface area contributed by atoms with Crippen LogP contribution in [-0.4, -0.2) is 49.0 Å². The molecule has 19 heavy (non-hydrogen) atoms. The van der Waals surface area contributed by atoms with Crippen LogP contribution in [0.1, 0.15) is 16.9 Å². The summed E-state index contributed by atoms with van der Waals surface area (Å²) in [5.41, 5.74) is 0.221. The summed E-state index contributed by atoms with van der Waals surface area (Å²) in [5.74, 6) is 0.320. The third-order valence-corrected chi connectivity index (χ3v) is 2.86. The van der Waals surface area contributed by atoms with Crippen LogP contribution in [0.15, 0.2) is 24.8 Å². The standard InChI is InChI=1S/C13H18N4O2/c1-2-10-19-13(18)11-4-5-12(16-15-11)17-8-3-6-14-7-9-17/h2,4-5,14H,1,3,6-10H2. The van der Waals surface area contributed by atoms with Gasteiger partial charge in [0.15, 0.2) is 11.5 Å². The Hall–Kier alpha value is -1.95. The molecule has 1 N–H and O–H groups in total. The van der Waals surface area contributed by atoms with Gasteiger partial charge in [-0.2, -0.15) is 0 Å². The fourth-order valence-corrected chi connectivity index (χ4v) is 1.89. The summed E-state index contributed by atoms with van der Waals surface area (Å²) in [7, 11) is 0. The van der Waals surface area contributed by atoms with Crippen LogP contribution in [-0.2, 0) is 4.74 Å². The maximum atomic E-state index is 11.6. The third-order valence-electron chi connectivity index (χ3n) is 2.86. The molecule has 1 aromatic heterocycles. The van der Waals surface area contributed by atoms with Gasteiger partial charge in [0.2, 0.25) is 0 Å². The number of nitrogens with zero attached hydrogens (tertiary/aromatic N) is 3. The summed E-state index contributed by atoms with van der Waals surface area (Å²) in [6.45, 7) is 7.47. The molecule has 1 aliphatic heterocycles. The molecule has 1 aromatic rings. The molecular formula is C13H18N4O2. The van der Waals surface area contributed by atoms with Crippen LogP contribution < -0.4 is 10.2 Å². The van der Waals surface area contributed by atoms with Crippen molar-refractivity contribution in [2.75, 3.05) is 37.7 Å². The van der Waals surface area contributed by atoms with Crippen LogP contribution in [0.4, 0.5) is 5.82 Å². The highest BCUT2D eigenvalue weighted by Gasteiger charge is 2.13. The van der Waals surface area contributed by atoms with Crippen molar-refractivity contribution in [1.82, 2.24) is 15.5 Å². The molecular weight excluding hydrogens is 244 g/mol. The van der Waals surface area contributed by atoms with Crippen LogP contribution in [0.25, 0.3) is 0 Å². The lowest BCUT2D eigenvalue weighted by molar-refractivity contribution is 0.0541. The van der Waals surface area contributed by atoms with Gasteiger partial charge in [0.25, 0.3) is 0 Å². The van der Waals surface area contributed by atoms with E-state index in [1.807, 2.05) is 6.07 Å². The number of esters is 1. The predicted molar refractivity (Wildman–Crippen MR) is 72.2 cm³/mol. The van der Waals surface area contributed by atoms with Gasteiger partial charge in [-0.15, -0.1) is 10.2 Å². The monoisotopic (exact) mass is 262 g/mol. The highest BCUT2D eigenvalue weighted by atomic mass is 16.5. The van der Waals surface area contributed by atoms with Crippen molar-refractivity contribution < 1.29 is 9.53 Å². The summed E-state index contributed by atoms with van der Waals surface area (Å²) >= 11 is 0. The lowest BCUT2D eigenvalue weighted by atomic mass is 10.3. The minimum atomic E-state index is -0.475. The number of rotatable bonds is 4. The first-order valence-corrected chi connectivity index (χ1v) is 6.38. The van der Waals surface area contributed by atoms with Gasteiger partial charge < -0.3 is 15.0 Å². The maximum Gasteiger partial charge on any atom is 0.359 e. The maximum absolute atomic E-state index is 11.6. The molecule has 0 spiro atoms. The molecule has 0 aliphatic carbocycles. The summed E-state index contributed by atoms with van der Waals surface area (Å²) in [4.78, 5) is 13.7. The van der Waals surface area contributed by atoms with Crippen LogP contribution >= 0.6 is 0 Å². The van der Waals surface area contributed by atoms with Gasteiger partial charge in [-0.1, -0.05) is 12.7 Å². The number of nitrogens with one attached hydrogen (secondary N) is 1. The zero-order valence-corrected chi connectivity index (χ0v) is 10.8. The van der Waals surface area contributed by atoms with Crippen molar-refractivity contribution in [3.8, 4) is 0 Å². The van der Waals surface area contributed by atoms with E-state index in [1.54, 1.807) is 6.07 Å². The number of aromatic nitrogens is 2. The van der Waals surface area contributed by atoms with E-state index >= 15 is 0 Å².